The lowest BCUT2D eigenvalue weighted by molar-refractivity contribution is 0.0642. The van der Waals surface area contributed by atoms with Gasteiger partial charge < -0.3 is 14.6 Å². The Bertz CT molecular complexity index is 889. The third-order valence-electron chi connectivity index (χ3n) is 6.52. The molecule has 3 aliphatic rings. The van der Waals surface area contributed by atoms with Gasteiger partial charge in [-0.2, -0.15) is 11.8 Å². The van der Waals surface area contributed by atoms with Gasteiger partial charge in [0.05, 0.1) is 30.6 Å². The van der Waals surface area contributed by atoms with E-state index in [4.69, 9.17) is 9.47 Å². The minimum atomic E-state index is -0.704. The molecule has 0 radical (unpaired) electrons. The van der Waals surface area contributed by atoms with Crippen molar-refractivity contribution in [1.29, 1.82) is 0 Å². The molecular formula is C22H23NO4S. The standard InChI is InChI=1S/C22H23NO4S/c1-26-21(25)23-12-22(28-2,20-19(23)17(24)11-27-20)18-15-9-5-3-7-13(15)14-8-4-6-10-16(14)18/h3-10,17-20,24H,11-12H2,1-2H3/t17-,19+,20-,22+/m0/s1. The van der Waals surface area contributed by atoms with Crippen LogP contribution >= 0.6 is 11.8 Å². The van der Waals surface area contributed by atoms with Gasteiger partial charge in [0.2, 0.25) is 0 Å². The smallest absolute Gasteiger partial charge is 0.409 e. The summed E-state index contributed by atoms with van der Waals surface area (Å²) in [5, 5.41) is 10.6. The number of likely N-dealkylation sites (tertiary alicyclic amines) is 1. The first kappa shape index (κ1) is 18.0. The number of carbonyl (C=O) groups is 1. The molecule has 4 atom stereocenters. The number of benzene rings is 2. The number of aliphatic hydroxyl groups is 1. The van der Waals surface area contributed by atoms with Gasteiger partial charge in [-0.1, -0.05) is 48.5 Å². The molecule has 2 aromatic rings. The maximum Gasteiger partial charge on any atom is 0.409 e. The highest BCUT2D eigenvalue weighted by molar-refractivity contribution is 8.00. The van der Waals surface area contributed by atoms with E-state index in [-0.39, 0.29) is 24.7 Å². The maximum atomic E-state index is 12.5. The van der Waals surface area contributed by atoms with Crippen LogP contribution in [0.4, 0.5) is 4.79 Å². The van der Waals surface area contributed by atoms with Crippen LogP contribution in [0.3, 0.4) is 0 Å². The summed E-state index contributed by atoms with van der Waals surface area (Å²) in [4.78, 5) is 14.2. The molecule has 0 saturated carbocycles. The first-order chi connectivity index (χ1) is 13.6. The van der Waals surface area contributed by atoms with Crippen molar-refractivity contribution in [2.45, 2.75) is 28.9 Å². The van der Waals surface area contributed by atoms with Crippen LogP contribution in [-0.4, -0.2) is 65.6 Å². The van der Waals surface area contributed by atoms with Gasteiger partial charge in [0.25, 0.3) is 0 Å². The third-order valence-corrected chi connectivity index (χ3v) is 7.88. The Kier molecular flexibility index (Phi) is 4.19. The second-order valence-corrected chi connectivity index (χ2v) is 8.84. The summed E-state index contributed by atoms with van der Waals surface area (Å²) in [7, 11) is 1.39. The first-order valence-electron chi connectivity index (χ1n) is 9.50. The van der Waals surface area contributed by atoms with Crippen LogP contribution in [0.15, 0.2) is 48.5 Å². The van der Waals surface area contributed by atoms with Gasteiger partial charge in [0.1, 0.15) is 6.10 Å². The first-order valence-corrected chi connectivity index (χ1v) is 10.7. The van der Waals surface area contributed by atoms with E-state index in [2.05, 4.69) is 54.8 Å². The fourth-order valence-electron chi connectivity index (χ4n) is 5.40. The number of thioether (sulfide) groups is 1. The molecule has 5 nitrogen and oxygen atoms in total. The average Bonchev–Trinajstić information content (AvgIpc) is 3.38. The summed E-state index contributed by atoms with van der Waals surface area (Å²) < 4.78 is 10.8. The third kappa shape index (κ3) is 2.25. The largest absolute Gasteiger partial charge is 0.453 e. The van der Waals surface area contributed by atoms with Crippen molar-refractivity contribution in [3.05, 3.63) is 59.7 Å². The van der Waals surface area contributed by atoms with E-state index in [0.717, 1.165) is 0 Å². The number of rotatable bonds is 2. The van der Waals surface area contributed by atoms with E-state index in [1.54, 1.807) is 16.7 Å². The predicted molar refractivity (Wildman–Crippen MR) is 109 cm³/mol. The summed E-state index contributed by atoms with van der Waals surface area (Å²) in [6.07, 6.45) is 0.705. The number of nitrogens with zero attached hydrogens (tertiary/aromatic N) is 1. The Labute approximate surface area is 168 Å². The van der Waals surface area contributed by atoms with Gasteiger partial charge >= 0.3 is 6.09 Å². The zero-order chi connectivity index (χ0) is 19.5. The predicted octanol–water partition coefficient (Wildman–Crippen LogP) is 3.11. The molecule has 2 heterocycles. The molecule has 2 fully saturated rings. The van der Waals surface area contributed by atoms with Crippen molar-refractivity contribution in [2.75, 3.05) is 26.5 Å². The number of hydrogen-bond donors (Lipinski definition) is 1. The number of carbonyl (C=O) groups excluding carboxylic acids is 1. The molecule has 0 aromatic heterocycles. The van der Waals surface area contributed by atoms with Crippen molar-refractivity contribution in [1.82, 2.24) is 4.90 Å². The lowest BCUT2D eigenvalue weighted by atomic mass is 9.80. The molecule has 146 valence electrons. The van der Waals surface area contributed by atoms with E-state index in [9.17, 15) is 9.90 Å². The van der Waals surface area contributed by atoms with Gasteiger partial charge in [0.15, 0.2) is 0 Å². The number of hydrogen-bond acceptors (Lipinski definition) is 5. The Morgan fingerprint density at radius 1 is 1.18 bits per heavy atom. The summed E-state index contributed by atoms with van der Waals surface area (Å²) in [5.74, 6) is 0.0716. The average molecular weight is 397 g/mol. The molecule has 0 unspecified atom stereocenters. The number of aliphatic hydroxyl groups excluding tert-OH is 1. The molecule has 1 aliphatic carbocycles. The Morgan fingerprint density at radius 2 is 1.79 bits per heavy atom. The highest BCUT2D eigenvalue weighted by atomic mass is 32.2. The topological polar surface area (TPSA) is 59.0 Å². The minimum absolute atomic E-state index is 0.0716. The zero-order valence-electron chi connectivity index (χ0n) is 15.9. The van der Waals surface area contributed by atoms with E-state index in [1.165, 1.54) is 29.4 Å². The molecule has 1 amide bonds. The summed E-state index contributed by atoms with van der Waals surface area (Å²) in [5.41, 5.74) is 4.99. The van der Waals surface area contributed by atoms with Crippen LogP contribution in [-0.2, 0) is 9.47 Å². The number of methoxy groups -OCH3 is 1. The van der Waals surface area contributed by atoms with E-state index in [0.29, 0.717) is 6.54 Å². The Morgan fingerprint density at radius 3 is 2.36 bits per heavy atom. The van der Waals surface area contributed by atoms with Gasteiger partial charge in [-0.3, -0.25) is 4.90 Å². The van der Waals surface area contributed by atoms with Crippen molar-refractivity contribution in [3.8, 4) is 11.1 Å². The zero-order valence-corrected chi connectivity index (χ0v) is 16.7. The van der Waals surface area contributed by atoms with Crippen molar-refractivity contribution in [2.24, 2.45) is 0 Å². The van der Waals surface area contributed by atoms with Gasteiger partial charge in [-0.05, 0) is 28.5 Å². The lowest BCUT2D eigenvalue weighted by Gasteiger charge is -2.38. The quantitative estimate of drug-likeness (QED) is 0.844. The minimum Gasteiger partial charge on any atom is -0.453 e. The molecule has 0 bridgehead atoms. The number of ether oxygens (including phenoxy) is 2. The van der Waals surface area contributed by atoms with E-state index >= 15 is 0 Å². The summed E-state index contributed by atoms with van der Waals surface area (Å²) in [6, 6.07) is 16.6. The lowest BCUT2D eigenvalue weighted by Crippen LogP contribution is -2.45. The molecule has 2 saturated heterocycles. The van der Waals surface area contributed by atoms with Crippen molar-refractivity contribution in [3.63, 3.8) is 0 Å². The molecule has 28 heavy (non-hydrogen) atoms. The molecule has 0 spiro atoms. The Hall–Kier alpha value is -2.02. The van der Waals surface area contributed by atoms with Crippen LogP contribution in [0, 0.1) is 0 Å². The van der Waals surface area contributed by atoms with Gasteiger partial charge in [0, 0.05) is 12.5 Å². The SMILES string of the molecule is COC(=O)N1C[C@@](SC)(C2c3ccccc3-c3ccccc32)[C@H]2OC[C@H](O)[C@H]21. The van der Waals surface area contributed by atoms with E-state index in [1.807, 2.05) is 0 Å². The van der Waals surface area contributed by atoms with Crippen LogP contribution < -0.4 is 0 Å². The Balaban J connectivity index is 1.70. The molecule has 1 N–H and O–H groups in total. The molecule has 2 aromatic carbocycles. The summed E-state index contributed by atoms with van der Waals surface area (Å²) in [6.45, 7) is 0.710. The van der Waals surface area contributed by atoms with Crippen molar-refractivity contribution >= 4 is 17.9 Å². The second-order valence-electron chi connectivity index (χ2n) is 7.68. The number of fused-ring (bicyclic) bond motifs is 4. The molecule has 2 aliphatic heterocycles. The fourth-order valence-corrected chi connectivity index (χ4v) is 6.60. The highest BCUT2D eigenvalue weighted by Gasteiger charge is 2.64. The molecule has 6 heteroatoms. The number of amides is 1. The monoisotopic (exact) mass is 397 g/mol. The summed E-state index contributed by atoms with van der Waals surface area (Å²) >= 11 is 1.73. The second kappa shape index (κ2) is 6.51. The van der Waals surface area contributed by atoms with Gasteiger partial charge in [-0.15, -0.1) is 0 Å². The highest BCUT2D eigenvalue weighted by Crippen LogP contribution is 2.59. The molecular weight excluding hydrogens is 374 g/mol. The van der Waals surface area contributed by atoms with Gasteiger partial charge in [-0.25, -0.2) is 4.79 Å². The van der Waals surface area contributed by atoms with Crippen LogP contribution in [0.5, 0.6) is 0 Å². The molecule has 5 rings (SSSR count). The normalized spacial score (nSPS) is 30.8. The van der Waals surface area contributed by atoms with Crippen LogP contribution in [0.2, 0.25) is 0 Å². The van der Waals surface area contributed by atoms with E-state index < -0.39 is 16.9 Å². The van der Waals surface area contributed by atoms with Crippen LogP contribution in [0.25, 0.3) is 11.1 Å². The van der Waals surface area contributed by atoms with Crippen molar-refractivity contribution < 1.29 is 19.4 Å². The fraction of sp³-hybridized carbons (Fsp3) is 0.409. The maximum absolute atomic E-state index is 12.5. The van der Waals surface area contributed by atoms with Crippen LogP contribution in [0.1, 0.15) is 17.0 Å².